The first-order valence-electron chi connectivity index (χ1n) is 5.79. The van der Waals surface area contributed by atoms with Crippen LogP contribution >= 0.6 is 0 Å². The van der Waals surface area contributed by atoms with Crippen LogP contribution < -0.4 is 0 Å². The Labute approximate surface area is 99.8 Å². The third kappa shape index (κ3) is 3.25. The van der Waals surface area contributed by atoms with Crippen molar-refractivity contribution in [2.45, 2.75) is 18.9 Å². The fourth-order valence-corrected chi connectivity index (χ4v) is 2.09. The van der Waals surface area contributed by atoms with E-state index in [0.717, 1.165) is 38.0 Å². The van der Waals surface area contributed by atoms with Gasteiger partial charge in [-0.3, -0.25) is 10.1 Å². The van der Waals surface area contributed by atoms with Crippen molar-refractivity contribution in [1.82, 2.24) is 4.90 Å². The summed E-state index contributed by atoms with van der Waals surface area (Å²) in [5.41, 5.74) is 1.22. The average Bonchev–Trinajstić information content (AvgIpc) is 2.73. The standard InChI is InChI=1S/C12H16N2O3/c15-12-6-8-13(9-12)7-5-10-1-3-11(4-2-10)14(16)17/h1-4,12,15H,5-9H2/t12-/m1/s1. The van der Waals surface area contributed by atoms with Gasteiger partial charge in [0.2, 0.25) is 0 Å². The maximum atomic E-state index is 10.5. The number of hydrogen-bond donors (Lipinski definition) is 1. The van der Waals surface area contributed by atoms with Crippen molar-refractivity contribution in [1.29, 1.82) is 0 Å². The Morgan fingerprint density at radius 1 is 1.41 bits per heavy atom. The molecule has 5 nitrogen and oxygen atoms in total. The maximum Gasteiger partial charge on any atom is 0.269 e. The molecule has 92 valence electrons. The van der Waals surface area contributed by atoms with E-state index in [1.54, 1.807) is 12.1 Å². The van der Waals surface area contributed by atoms with E-state index in [9.17, 15) is 15.2 Å². The van der Waals surface area contributed by atoms with Crippen LogP contribution in [-0.2, 0) is 6.42 Å². The predicted molar refractivity (Wildman–Crippen MR) is 63.9 cm³/mol. The van der Waals surface area contributed by atoms with Crippen molar-refractivity contribution >= 4 is 5.69 Å². The summed E-state index contributed by atoms with van der Waals surface area (Å²) in [6, 6.07) is 6.66. The van der Waals surface area contributed by atoms with Gasteiger partial charge in [0, 0.05) is 31.8 Å². The minimum absolute atomic E-state index is 0.130. The Balaban J connectivity index is 1.85. The Hall–Kier alpha value is -1.46. The second-order valence-corrected chi connectivity index (χ2v) is 4.42. The van der Waals surface area contributed by atoms with E-state index < -0.39 is 0 Å². The highest BCUT2D eigenvalue weighted by Gasteiger charge is 2.19. The van der Waals surface area contributed by atoms with Crippen LogP contribution in [0.3, 0.4) is 0 Å². The molecule has 0 saturated carbocycles. The van der Waals surface area contributed by atoms with Crippen molar-refractivity contribution in [2.24, 2.45) is 0 Å². The molecule has 0 radical (unpaired) electrons. The van der Waals surface area contributed by atoms with Crippen molar-refractivity contribution in [2.75, 3.05) is 19.6 Å². The van der Waals surface area contributed by atoms with E-state index in [1.165, 1.54) is 12.1 Å². The number of likely N-dealkylation sites (tertiary alicyclic amines) is 1. The molecule has 0 aliphatic carbocycles. The molecule has 1 aromatic rings. The number of nitrogens with zero attached hydrogens (tertiary/aromatic N) is 2. The van der Waals surface area contributed by atoms with Crippen LogP contribution in [0.25, 0.3) is 0 Å². The summed E-state index contributed by atoms with van der Waals surface area (Å²) in [6.07, 6.45) is 1.53. The summed E-state index contributed by atoms with van der Waals surface area (Å²) in [5, 5.41) is 19.9. The van der Waals surface area contributed by atoms with Gasteiger partial charge in [-0.05, 0) is 18.4 Å². The molecule has 1 fully saturated rings. The van der Waals surface area contributed by atoms with Gasteiger partial charge in [0.15, 0.2) is 0 Å². The Morgan fingerprint density at radius 2 is 2.12 bits per heavy atom. The highest BCUT2D eigenvalue weighted by atomic mass is 16.6. The number of aliphatic hydroxyl groups excluding tert-OH is 1. The highest BCUT2D eigenvalue weighted by molar-refractivity contribution is 5.32. The quantitative estimate of drug-likeness (QED) is 0.630. The average molecular weight is 236 g/mol. The fraction of sp³-hybridized carbons (Fsp3) is 0.500. The molecule has 0 spiro atoms. The zero-order chi connectivity index (χ0) is 12.3. The summed E-state index contributed by atoms with van der Waals surface area (Å²) in [5.74, 6) is 0. The molecular weight excluding hydrogens is 220 g/mol. The molecule has 1 atom stereocenters. The molecule has 0 aromatic heterocycles. The number of nitro benzene ring substituents is 1. The Morgan fingerprint density at radius 3 is 2.65 bits per heavy atom. The van der Waals surface area contributed by atoms with E-state index in [4.69, 9.17) is 0 Å². The van der Waals surface area contributed by atoms with Crippen LogP contribution in [0, 0.1) is 10.1 Å². The lowest BCUT2D eigenvalue weighted by atomic mass is 10.1. The maximum absolute atomic E-state index is 10.5. The Kier molecular flexibility index (Phi) is 3.71. The third-order valence-corrected chi connectivity index (χ3v) is 3.11. The lowest BCUT2D eigenvalue weighted by Gasteiger charge is -2.14. The van der Waals surface area contributed by atoms with Gasteiger partial charge in [-0.1, -0.05) is 12.1 Å². The first-order valence-corrected chi connectivity index (χ1v) is 5.79. The normalized spacial score (nSPS) is 20.6. The monoisotopic (exact) mass is 236 g/mol. The SMILES string of the molecule is O=[N+]([O-])c1ccc(CCN2CC[C@@H](O)C2)cc1. The summed E-state index contributed by atoms with van der Waals surface area (Å²) in [6.45, 7) is 2.58. The number of non-ortho nitro benzene ring substituents is 1. The molecule has 0 unspecified atom stereocenters. The van der Waals surface area contributed by atoms with E-state index in [-0.39, 0.29) is 16.7 Å². The second-order valence-electron chi connectivity index (χ2n) is 4.42. The van der Waals surface area contributed by atoms with Crippen molar-refractivity contribution in [3.05, 3.63) is 39.9 Å². The largest absolute Gasteiger partial charge is 0.392 e. The van der Waals surface area contributed by atoms with Crippen LogP contribution in [-0.4, -0.2) is 40.7 Å². The van der Waals surface area contributed by atoms with Gasteiger partial charge < -0.3 is 10.0 Å². The van der Waals surface area contributed by atoms with Gasteiger partial charge in [-0.2, -0.15) is 0 Å². The van der Waals surface area contributed by atoms with E-state index >= 15 is 0 Å². The van der Waals surface area contributed by atoms with Crippen molar-refractivity contribution in [3.63, 3.8) is 0 Å². The van der Waals surface area contributed by atoms with Gasteiger partial charge in [0.25, 0.3) is 5.69 Å². The summed E-state index contributed by atoms with van der Waals surface area (Å²) < 4.78 is 0. The smallest absolute Gasteiger partial charge is 0.269 e. The molecule has 5 heteroatoms. The molecule has 1 aliphatic rings. The molecule has 2 rings (SSSR count). The number of rotatable bonds is 4. The Bertz CT molecular complexity index is 391. The molecule has 0 amide bonds. The fourth-order valence-electron chi connectivity index (χ4n) is 2.09. The van der Waals surface area contributed by atoms with Crippen molar-refractivity contribution < 1.29 is 10.0 Å². The van der Waals surface area contributed by atoms with Crippen molar-refractivity contribution in [3.8, 4) is 0 Å². The zero-order valence-electron chi connectivity index (χ0n) is 9.58. The molecular formula is C12H16N2O3. The molecule has 1 heterocycles. The summed E-state index contributed by atoms with van der Waals surface area (Å²) in [4.78, 5) is 12.3. The molecule has 1 aliphatic heterocycles. The molecule has 0 bridgehead atoms. The molecule has 17 heavy (non-hydrogen) atoms. The summed E-state index contributed by atoms with van der Waals surface area (Å²) in [7, 11) is 0. The van der Waals surface area contributed by atoms with Gasteiger partial charge >= 0.3 is 0 Å². The van der Waals surface area contributed by atoms with Gasteiger partial charge in [-0.15, -0.1) is 0 Å². The van der Waals surface area contributed by atoms with Crippen LogP contribution in [0.15, 0.2) is 24.3 Å². The highest BCUT2D eigenvalue weighted by Crippen LogP contribution is 2.14. The third-order valence-electron chi connectivity index (χ3n) is 3.11. The first-order chi connectivity index (χ1) is 8.15. The lowest BCUT2D eigenvalue weighted by Crippen LogP contribution is -2.24. The van der Waals surface area contributed by atoms with Crippen LogP contribution in [0.1, 0.15) is 12.0 Å². The molecule has 1 aromatic carbocycles. The number of benzene rings is 1. The first kappa shape index (κ1) is 12.0. The lowest BCUT2D eigenvalue weighted by molar-refractivity contribution is -0.384. The van der Waals surface area contributed by atoms with Crippen LogP contribution in [0.5, 0.6) is 0 Å². The number of nitro groups is 1. The zero-order valence-corrected chi connectivity index (χ0v) is 9.58. The van der Waals surface area contributed by atoms with Crippen LogP contribution in [0.4, 0.5) is 5.69 Å². The number of β-amino-alcohol motifs (C(OH)–C–C–N with tert-alkyl or cyclic N) is 1. The van der Waals surface area contributed by atoms with Crippen LogP contribution in [0.2, 0.25) is 0 Å². The molecule has 1 N–H and O–H groups in total. The van der Waals surface area contributed by atoms with E-state index in [1.807, 2.05) is 0 Å². The topological polar surface area (TPSA) is 66.6 Å². The number of hydrogen-bond acceptors (Lipinski definition) is 4. The second kappa shape index (κ2) is 5.25. The summed E-state index contributed by atoms with van der Waals surface area (Å²) >= 11 is 0. The number of aliphatic hydroxyl groups is 1. The van der Waals surface area contributed by atoms with Gasteiger partial charge in [0.1, 0.15) is 0 Å². The predicted octanol–water partition coefficient (Wildman–Crippen LogP) is 1.20. The minimum atomic E-state index is -0.388. The van der Waals surface area contributed by atoms with E-state index in [0.29, 0.717) is 0 Å². The van der Waals surface area contributed by atoms with Gasteiger partial charge in [0.05, 0.1) is 11.0 Å². The van der Waals surface area contributed by atoms with E-state index in [2.05, 4.69) is 4.90 Å². The van der Waals surface area contributed by atoms with Gasteiger partial charge in [-0.25, -0.2) is 0 Å². The minimum Gasteiger partial charge on any atom is -0.392 e. The molecule has 1 saturated heterocycles.